The lowest BCUT2D eigenvalue weighted by Gasteiger charge is -2.30. The van der Waals surface area contributed by atoms with Crippen LogP contribution in [0.5, 0.6) is 23.0 Å². The van der Waals surface area contributed by atoms with Crippen LogP contribution in [0.25, 0.3) is 0 Å². The van der Waals surface area contributed by atoms with E-state index in [9.17, 15) is 9.59 Å². The summed E-state index contributed by atoms with van der Waals surface area (Å²) in [4.78, 5) is 24.1. The summed E-state index contributed by atoms with van der Waals surface area (Å²) in [6.45, 7) is 4.23. The molecule has 0 spiro atoms. The van der Waals surface area contributed by atoms with Crippen molar-refractivity contribution in [1.82, 2.24) is 0 Å². The number of rotatable bonds is 7. The van der Waals surface area contributed by atoms with E-state index in [1.165, 1.54) is 0 Å². The predicted molar refractivity (Wildman–Crippen MR) is 136 cm³/mol. The average molecular weight is 483 g/mol. The Morgan fingerprint density at radius 3 is 1.14 bits per heavy atom. The van der Waals surface area contributed by atoms with Crippen LogP contribution in [0.15, 0.2) is 109 Å². The van der Waals surface area contributed by atoms with Crippen LogP contribution in [-0.2, 0) is 5.41 Å². The van der Waals surface area contributed by atoms with Crippen LogP contribution in [0, 0.1) is 0 Å². The van der Waals surface area contributed by atoms with Crippen molar-refractivity contribution >= 4 is 12.3 Å². The van der Waals surface area contributed by atoms with Crippen molar-refractivity contribution in [2.24, 2.45) is 0 Å². The maximum Gasteiger partial charge on any atom is 0.519 e. The van der Waals surface area contributed by atoms with Gasteiger partial charge in [-0.3, -0.25) is 0 Å². The van der Waals surface area contributed by atoms with Crippen molar-refractivity contribution in [2.45, 2.75) is 25.7 Å². The molecule has 0 aromatic heterocycles. The fourth-order valence-corrected chi connectivity index (χ4v) is 3.76. The van der Waals surface area contributed by atoms with Crippen LogP contribution in [0.3, 0.4) is 0 Å². The molecule has 0 unspecified atom stereocenters. The molecule has 0 amide bonds. The Labute approximate surface area is 210 Å². The molecule has 182 valence electrons. The smallest absolute Gasteiger partial charge is 0.395 e. The standard InChI is InChI=1S/C30H26O6/c1-3-30(2,22-14-18-26(19-15-22)35-28(31)33-24-10-6-4-7-11-24)23-16-20-27(21-17-23)36-29(32)34-25-12-8-5-9-13-25/h4-21H,3H2,1-2H3. The van der Waals surface area contributed by atoms with Gasteiger partial charge in [-0.15, -0.1) is 0 Å². The highest BCUT2D eigenvalue weighted by Gasteiger charge is 2.27. The third-order valence-corrected chi connectivity index (χ3v) is 5.98. The summed E-state index contributed by atoms with van der Waals surface area (Å²) in [5.41, 5.74) is 1.78. The van der Waals surface area contributed by atoms with Crippen LogP contribution < -0.4 is 18.9 Å². The van der Waals surface area contributed by atoms with Crippen molar-refractivity contribution < 1.29 is 28.5 Å². The first-order valence-corrected chi connectivity index (χ1v) is 11.6. The molecular weight excluding hydrogens is 456 g/mol. The molecule has 0 saturated carbocycles. The Morgan fingerprint density at radius 2 is 0.833 bits per heavy atom. The first-order chi connectivity index (χ1) is 17.5. The molecule has 6 heteroatoms. The quantitative estimate of drug-likeness (QED) is 0.200. The fraction of sp³-hybridized carbons (Fsp3) is 0.133. The summed E-state index contributed by atoms with van der Waals surface area (Å²) < 4.78 is 20.9. The molecule has 6 nitrogen and oxygen atoms in total. The Balaban J connectivity index is 1.40. The summed E-state index contributed by atoms with van der Waals surface area (Å²) in [5, 5.41) is 0. The Bertz CT molecular complexity index is 1180. The summed E-state index contributed by atoms with van der Waals surface area (Å²) in [7, 11) is 0. The normalized spacial score (nSPS) is 10.8. The minimum absolute atomic E-state index is 0.313. The number of benzene rings is 4. The molecule has 0 heterocycles. The third kappa shape index (κ3) is 6.10. The van der Waals surface area contributed by atoms with Gasteiger partial charge in [0.25, 0.3) is 0 Å². The van der Waals surface area contributed by atoms with Crippen molar-refractivity contribution in [2.75, 3.05) is 0 Å². The van der Waals surface area contributed by atoms with Crippen LogP contribution in [0.4, 0.5) is 9.59 Å². The maximum atomic E-state index is 12.1. The zero-order chi connectivity index (χ0) is 25.4. The molecule has 0 fully saturated rings. The molecule has 0 aliphatic heterocycles. The van der Waals surface area contributed by atoms with Crippen molar-refractivity contribution in [1.29, 1.82) is 0 Å². The number of para-hydroxylation sites is 2. The van der Waals surface area contributed by atoms with E-state index >= 15 is 0 Å². The highest BCUT2D eigenvalue weighted by atomic mass is 16.7. The van der Waals surface area contributed by atoms with Gasteiger partial charge in [-0.25, -0.2) is 9.59 Å². The zero-order valence-corrected chi connectivity index (χ0v) is 20.0. The number of carbonyl (C=O) groups is 2. The van der Waals surface area contributed by atoms with Crippen LogP contribution in [-0.4, -0.2) is 12.3 Å². The Hall–Kier alpha value is -4.58. The van der Waals surface area contributed by atoms with Gasteiger partial charge in [0.1, 0.15) is 23.0 Å². The summed E-state index contributed by atoms with van der Waals surface area (Å²) in [5.74, 6) is 1.61. The lowest BCUT2D eigenvalue weighted by molar-refractivity contribution is 0.150. The van der Waals surface area contributed by atoms with Crippen molar-refractivity contribution in [3.63, 3.8) is 0 Å². The number of ether oxygens (including phenoxy) is 4. The topological polar surface area (TPSA) is 71.1 Å². The summed E-state index contributed by atoms with van der Waals surface area (Å²) >= 11 is 0. The number of hydrogen-bond donors (Lipinski definition) is 0. The van der Waals surface area contributed by atoms with Gasteiger partial charge in [-0.05, 0) is 66.1 Å². The molecule has 4 rings (SSSR count). The molecule has 0 aliphatic carbocycles. The molecular formula is C30H26O6. The third-order valence-electron chi connectivity index (χ3n) is 5.98. The molecule has 36 heavy (non-hydrogen) atoms. The first-order valence-electron chi connectivity index (χ1n) is 11.6. The van der Waals surface area contributed by atoms with E-state index in [1.807, 2.05) is 36.4 Å². The SMILES string of the molecule is CCC(C)(c1ccc(OC(=O)Oc2ccccc2)cc1)c1ccc(OC(=O)Oc2ccccc2)cc1. The van der Waals surface area contributed by atoms with Crippen LogP contribution in [0.2, 0.25) is 0 Å². The molecule has 0 bridgehead atoms. The lowest BCUT2D eigenvalue weighted by Crippen LogP contribution is -2.22. The van der Waals surface area contributed by atoms with Crippen molar-refractivity contribution in [3.8, 4) is 23.0 Å². The fourth-order valence-electron chi connectivity index (χ4n) is 3.76. The highest BCUT2D eigenvalue weighted by molar-refractivity contribution is 5.67. The maximum absolute atomic E-state index is 12.1. The van der Waals surface area contributed by atoms with Gasteiger partial charge in [0.15, 0.2) is 0 Å². The van der Waals surface area contributed by atoms with Gasteiger partial charge < -0.3 is 18.9 Å². The second-order valence-electron chi connectivity index (χ2n) is 8.27. The Kier molecular flexibility index (Phi) is 7.66. The monoisotopic (exact) mass is 482 g/mol. The first kappa shape index (κ1) is 24.5. The zero-order valence-electron chi connectivity index (χ0n) is 20.0. The van der Waals surface area contributed by atoms with E-state index in [0.29, 0.717) is 23.0 Å². The van der Waals surface area contributed by atoms with E-state index in [-0.39, 0.29) is 5.41 Å². The molecule has 0 radical (unpaired) electrons. The number of carbonyl (C=O) groups excluding carboxylic acids is 2. The molecule has 4 aromatic carbocycles. The van der Waals surface area contributed by atoms with Gasteiger partial charge in [0, 0.05) is 5.41 Å². The Morgan fingerprint density at radius 1 is 0.528 bits per heavy atom. The molecule has 0 saturated heterocycles. The van der Waals surface area contributed by atoms with Gasteiger partial charge >= 0.3 is 12.3 Å². The van der Waals surface area contributed by atoms with E-state index in [2.05, 4.69) is 13.8 Å². The lowest BCUT2D eigenvalue weighted by atomic mass is 9.74. The van der Waals surface area contributed by atoms with E-state index in [1.54, 1.807) is 72.8 Å². The van der Waals surface area contributed by atoms with Crippen molar-refractivity contribution in [3.05, 3.63) is 120 Å². The van der Waals surface area contributed by atoms with Gasteiger partial charge in [0.2, 0.25) is 0 Å². The van der Waals surface area contributed by atoms with Gasteiger partial charge in [-0.1, -0.05) is 74.5 Å². The summed E-state index contributed by atoms with van der Waals surface area (Å²) in [6.07, 6.45) is -0.776. The summed E-state index contributed by atoms with van der Waals surface area (Å²) in [6, 6.07) is 32.2. The highest BCUT2D eigenvalue weighted by Crippen LogP contribution is 2.36. The molecule has 0 atom stereocenters. The van der Waals surface area contributed by atoms with Gasteiger partial charge in [-0.2, -0.15) is 0 Å². The minimum Gasteiger partial charge on any atom is -0.395 e. The van der Waals surface area contributed by atoms with E-state index in [4.69, 9.17) is 18.9 Å². The second kappa shape index (κ2) is 11.2. The molecule has 0 aliphatic rings. The van der Waals surface area contributed by atoms with Gasteiger partial charge in [0.05, 0.1) is 0 Å². The minimum atomic E-state index is -0.798. The molecule has 4 aromatic rings. The van der Waals surface area contributed by atoms with Crippen LogP contribution in [0.1, 0.15) is 31.4 Å². The average Bonchev–Trinajstić information content (AvgIpc) is 2.90. The predicted octanol–water partition coefficient (Wildman–Crippen LogP) is 7.56. The molecule has 0 N–H and O–H groups in total. The second-order valence-corrected chi connectivity index (χ2v) is 8.27. The van der Waals surface area contributed by atoms with E-state index < -0.39 is 12.3 Å². The number of hydrogen-bond acceptors (Lipinski definition) is 6. The largest absolute Gasteiger partial charge is 0.519 e. The van der Waals surface area contributed by atoms with Crippen LogP contribution >= 0.6 is 0 Å². The van der Waals surface area contributed by atoms with E-state index in [0.717, 1.165) is 17.5 Å².